The maximum Gasteiger partial charge on any atom is 0.386 e. The predicted molar refractivity (Wildman–Crippen MR) is 45.0 cm³/mol. The summed E-state index contributed by atoms with van der Waals surface area (Å²) in [5.41, 5.74) is 4.38. The third-order valence-electron chi connectivity index (χ3n) is 1.67. The van der Waals surface area contributed by atoms with E-state index in [1.165, 1.54) is 6.92 Å². The number of halogens is 2. The lowest BCUT2D eigenvalue weighted by atomic mass is 10.2. The van der Waals surface area contributed by atoms with E-state index >= 15 is 0 Å². The van der Waals surface area contributed by atoms with Crippen molar-refractivity contribution in [3.8, 4) is 0 Å². The van der Waals surface area contributed by atoms with Gasteiger partial charge in [-0.2, -0.15) is 0 Å². The summed E-state index contributed by atoms with van der Waals surface area (Å²) in [6, 6.07) is 0.880. The summed E-state index contributed by atoms with van der Waals surface area (Å²) in [4.78, 5) is 12.9. The minimum absolute atomic E-state index is 0.0825. The van der Waals surface area contributed by atoms with Gasteiger partial charge in [0, 0.05) is 6.92 Å². The van der Waals surface area contributed by atoms with Gasteiger partial charge in [-0.05, 0) is 16.0 Å². The van der Waals surface area contributed by atoms with E-state index in [0.717, 1.165) is 6.07 Å². The fraction of sp³-hybridized carbons (Fsp3) is 0.286. The van der Waals surface area contributed by atoms with Gasteiger partial charge in [-0.15, -0.1) is 0 Å². The number of alkyl halides is 2. The smallest absolute Gasteiger partial charge is 0.386 e. The van der Waals surface area contributed by atoms with E-state index in [9.17, 15) is 18.9 Å². The summed E-state index contributed by atoms with van der Waals surface area (Å²) in [7, 11) is 0. The van der Waals surface area contributed by atoms with Crippen LogP contribution in [0.15, 0.2) is 6.07 Å². The number of aryl methyl sites for hydroxylation is 1. The van der Waals surface area contributed by atoms with Crippen LogP contribution in [0.25, 0.3) is 0 Å². The van der Waals surface area contributed by atoms with Crippen molar-refractivity contribution in [2.45, 2.75) is 13.3 Å². The highest BCUT2D eigenvalue weighted by Gasteiger charge is 2.21. The van der Waals surface area contributed by atoms with E-state index < -0.39 is 17.2 Å². The first-order valence-electron chi connectivity index (χ1n) is 3.63. The molecule has 0 aliphatic heterocycles. The molecule has 2 N–H and O–H groups in total. The van der Waals surface area contributed by atoms with E-state index in [4.69, 9.17) is 5.73 Å². The zero-order valence-corrected chi connectivity index (χ0v) is 7.20. The number of anilines is 1. The Balaban J connectivity index is 3.31. The summed E-state index contributed by atoms with van der Waals surface area (Å²) in [5.74, 6) is -0.591. The van der Waals surface area contributed by atoms with Gasteiger partial charge in [-0.3, -0.25) is 0 Å². The van der Waals surface area contributed by atoms with Gasteiger partial charge in [0.05, 0.1) is 5.56 Å². The van der Waals surface area contributed by atoms with Gasteiger partial charge < -0.3 is 15.8 Å². The summed E-state index contributed by atoms with van der Waals surface area (Å²) < 4.78 is 24.6. The van der Waals surface area contributed by atoms with E-state index in [0.29, 0.717) is 0 Å². The minimum atomic E-state index is -2.73. The highest BCUT2D eigenvalue weighted by Crippen LogP contribution is 2.27. The Morgan fingerprint density at radius 3 is 2.64 bits per heavy atom. The summed E-state index contributed by atoms with van der Waals surface area (Å²) in [6.07, 6.45) is -2.73. The molecule has 1 rings (SSSR count). The number of hydrogen-bond acceptors (Lipinski definition) is 4. The molecule has 0 fully saturated rings. The van der Waals surface area contributed by atoms with Crippen LogP contribution in [0.2, 0.25) is 0 Å². The Morgan fingerprint density at radius 2 is 2.21 bits per heavy atom. The molecule has 0 amide bonds. The number of rotatable bonds is 2. The van der Waals surface area contributed by atoms with Crippen molar-refractivity contribution in [2.75, 3.05) is 5.73 Å². The van der Waals surface area contributed by atoms with Crippen molar-refractivity contribution in [1.29, 1.82) is 0 Å². The van der Waals surface area contributed by atoms with E-state index in [2.05, 4.69) is 4.98 Å². The zero-order valence-electron chi connectivity index (χ0n) is 7.20. The molecular weight excluding hydrogens is 196 g/mol. The number of nitrogen functional groups attached to an aromatic ring is 1. The molecule has 0 bridgehead atoms. The topological polar surface area (TPSA) is 82.0 Å². The zero-order chi connectivity index (χ0) is 10.9. The molecule has 0 atom stereocenters. The van der Waals surface area contributed by atoms with Crippen molar-refractivity contribution < 1.29 is 13.7 Å². The SMILES string of the molecule is Cc1nc([N+](=O)[O-])c(N)cc1C(F)F. The first-order valence-corrected chi connectivity index (χ1v) is 3.63. The molecule has 0 aromatic carbocycles. The Labute approximate surface area is 77.7 Å². The van der Waals surface area contributed by atoms with Crippen molar-refractivity contribution in [3.05, 3.63) is 27.4 Å². The normalized spacial score (nSPS) is 10.6. The molecule has 0 aliphatic carbocycles. The standard InChI is InChI=1S/C7H7F2N3O2/c1-3-4(6(8)9)2-5(10)7(11-3)12(13)14/h2,6H,10H2,1H3. The van der Waals surface area contributed by atoms with Gasteiger partial charge in [0.1, 0.15) is 5.69 Å². The minimum Gasteiger partial charge on any atom is -0.392 e. The van der Waals surface area contributed by atoms with Crippen LogP contribution in [0.4, 0.5) is 20.3 Å². The van der Waals surface area contributed by atoms with Crippen LogP contribution < -0.4 is 5.73 Å². The quantitative estimate of drug-likeness (QED) is 0.587. The second-order valence-corrected chi connectivity index (χ2v) is 2.63. The molecule has 7 heteroatoms. The van der Waals surface area contributed by atoms with Crippen LogP contribution in [0, 0.1) is 17.0 Å². The lowest BCUT2D eigenvalue weighted by molar-refractivity contribution is -0.388. The van der Waals surface area contributed by atoms with Crippen LogP contribution in [-0.2, 0) is 0 Å². The second-order valence-electron chi connectivity index (χ2n) is 2.63. The van der Waals surface area contributed by atoms with Gasteiger partial charge in [0.2, 0.25) is 0 Å². The maximum atomic E-state index is 12.3. The van der Waals surface area contributed by atoms with E-state index in [1.807, 2.05) is 0 Å². The number of pyridine rings is 1. The summed E-state index contributed by atoms with van der Waals surface area (Å²) >= 11 is 0. The lowest BCUT2D eigenvalue weighted by Gasteiger charge is -2.02. The predicted octanol–water partition coefficient (Wildman–Crippen LogP) is 1.82. The Morgan fingerprint density at radius 1 is 1.64 bits per heavy atom. The van der Waals surface area contributed by atoms with Crippen LogP contribution in [-0.4, -0.2) is 9.91 Å². The van der Waals surface area contributed by atoms with Gasteiger partial charge in [-0.25, -0.2) is 8.78 Å². The van der Waals surface area contributed by atoms with Crippen molar-refractivity contribution in [3.63, 3.8) is 0 Å². The summed E-state index contributed by atoms with van der Waals surface area (Å²) in [5, 5.41) is 10.3. The average Bonchev–Trinajstić information content (AvgIpc) is 2.07. The number of hydrogen-bond donors (Lipinski definition) is 1. The fourth-order valence-electron chi connectivity index (χ4n) is 0.992. The van der Waals surface area contributed by atoms with Crippen molar-refractivity contribution in [1.82, 2.24) is 4.98 Å². The number of nitro groups is 1. The molecule has 1 aromatic heterocycles. The number of nitrogens with zero attached hydrogens (tertiary/aromatic N) is 2. The molecule has 0 aliphatic rings. The van der Waals surface area contributed by atoms with Crippen LogP contribution in [0.1, 0.15) is 17.7 Å². The fourth-order valence-corrected chi connectivity index (χ4v) is 0.992. The number of nitrogens with two attached hydrogens (primary N) is 1. The monoisotopic (exact) mass is 203 g/mol. The number of aromatic nitrogens is 1. The molecule has 0 unspecified atom stereocenters. The van der Waals surface area contributed by atoms with Gasteiger partial charge in [0.25, 0.3) is 6.43 Å². The van der Waals surface area contributed by atoms with Crippen molar-refractivity contribution >= 4 is 11.5 Å². The van der Waals surface area contributed by atoms with Crippen molar-refractivity contribution in [2.24, 2.45) is 0 Å². The van der Waals surface area contributed by atoms with Crippen LogP contribution >= 0.6 is 0 Å². The first kappa shape index (κ1) is 10.3. The third kappa shape index (κ3) is 1.76. The van der Waals surface area contributed by atoms with E-state index in [-0.39, 0.29) is 16.9 Å². The van der Waals surface area contributed by atoms with Crippen LogP contribution in [0.3, 0.4) is 0 Å². The van der Waals surface area contributed by atoms with Gasteiger partial charge >= 0.3 is 5.82 Å². The summed E-state index contributed by atoms with van der Waals surface area (Å²) in [6.45, 7) is 1.27. The molecule has 0 saturated carbocycles. The molecule has 0 radical (unpaired) electrons. The first-order chi connectivity index (χ1) is 6.43. The van der Waals surface area contributed by atoms with Gasteiger partial charge in [-0.1, -0.05) is 0 Å². The van der Waals surface area contributed by atoms with E-state index in [1.54, 1.807) is 0 Å². The molecule has 1 heterocycles. The Kier molecular flexibility index (Phi) is 2.59. The molecule has 1 aromatic rings. The molecule has 5 nitrogen and oxygen atoms in total. The molecule has 14 heavy (non-hydrogen) atoms. The third-order valence-corrected chi connectivity index (χ3v) is 1.67. The molecular formula is C7H7F2N3O2. The molecule has 0 saturated heterocycles. The average molecular weight is 203 g/mol. The molecule has 76 valence electrons. The maximum absolute atomic E-state index is 12.3. The van der Waals surface area contributed by atoms with Gasteiger partial charge in [0.15, 0.2) is 5.69 Å². The second kappa shape index (κ2) is 3.52. The largest absolute Gasteiger partial charge is 0.392 e. The highest BCUT2D eigenvalue weighted by atomic mass is 19.3. The highest BCUT2D eigenvalue weighted by molar-refractivity contribution is 5.55. The Hall–Kier alpha value is -1.79. The van der Waals surface area contributed by atoms with Crippen LogP contribution in [0.5, 0.6) is 0 Å². The molecule has 0 spiro atoms. The Bertz CT molecular complexity index is 381. The lowest BCUT2D eigenvalue weighted by Crippen LogP contribution is -2.03.